The molecular weight excluding hydrogens is 244 g/mol. The van der Waals surface area contributed by atoms with Crippen molar-refractivity contribution in [2.24, 2.45) is 5.73 Å². The van der Waals surface area contributed by atoms with Crippen molar-refractivity contribution in [3.63, 3.8) is 0 Å². The Labute approximate surface area is 115 Å². The lowest BCUT2D eigenvalue weighted by molar-refractivity contribution is 0.516. The highest BCUT2D eigenvalue weighted by atomic mass is 35.5. The van der Waals surface area contributed by atoms with Gasteiger partial charge in [0, 0.05) is 18.1 Å². The topological polar surface area (TPSA) is 29.3 Å². The first kappa shape index (κ1) is 13.7. The third-order valence-electron chi connectivity index (χ3n) is 3.78. The van der Waals surface area contributed by atoms with Gasteiger partial charge >= 0.3 is 0 Å². The summed E-state index contributed by atoms with van der Waals surface area (Å²) in [5, 5.41) is 0.850. The highest BCUT2D eigenvalue weighted by Gasteiger charge is 2.34. The zero-order valence-corrected chi connectivity index (χ0v) is 12.3. The average molecular weight is 267 g/mol. The van der Waals surface area contributed by atoms with E-state index in [4.69, 9.17) is 17.3 Å². The molecule has 1 saturated heterocycles. The van der Waals surface area contributed by atoms with Crippen LogP contribution >= 0.6 is 11.6 Å². The Morgan fingerprint density at radius 1 is 1.44 bits per heavy atom. The van der Waals surface area contributed by atoms with Gasteiger partial charge in [-0.25, -0.2) is 0 Å². The van der Waals surface area contributed by atoms with E-state index < -0.39 is 0 Å². The van der Waals surface area contributed by atoms with E-state index in [1.54, 1.807) is 0 Å². The van der Waals surface area contributed by atoms with E-state index in [2.05, 4.69) is 24.8 Å². The number of rotatable bonds is 3. The van der Waals surface area contributed by atoms with Gasteiger partial charge in [0.15, 0.2) is 0 Å². The summed E-state index contributed by atoms with van der Waals surface area (Å²) in [5.74, 6) is 0. The van der Waals surface area contributed by atoms with Crippen molar-refractivity contribution in [2.75, 3.05) is 11.4 Å². The number of nitrogens with two attached hydrogens (primary N) is 1. The number of hydrogen-bond acceptors (Lipinski definition) is 2. The molecule has 1 aromatic carbocycles. The molecule has 3 heteroatoms. The smallest absolute Gasteiger partial charge is 0.0642 e. The lowest BCUT2D eigenvalue weighted by atomic mass is 9.99. The Balaban J connectivity index is 2.42. The first-order chi connectivity index (χ1) is 8.42. The number of hydrogen-bond donors (Lipinski definition) is 1. The van der Waals surface area contributed by atoms with Crippen molar-refractivity contribution >= 4 is 17.3 Å². The maximum absolute atomic E-state index is 6.44. The molecule has 0 amide bonds. The van der Waals surface area contributed by atoms with Gasteiger partial charge in [0.2, 0.25) is 0 Å². The molecule has 0 radical (unpaired) electrons. The average Bonchev–Trinajstić information content (AvgIpc) is 2.58. The van der Waals surface area contributed by atoms with Gasteiger partial charge in [0.1, 0.15) is 0 Å². The monoisotopic (exact) mass is 266 g/mol. The summed E-state index contributed by atoms with van der Waals surface area (Å²) in [7, 11) is 0. The lowest BCUT2D eigenvalue weighted by Crippen LogP contribution is -2.39. The summed E-state index contributed by atoms with van der Waals surface area (Å²) >= 11 is 6.44. The first-order valence-corrected chi connectivity index (χ1v) is 7.10. The van der Waals surface area contributed by atoms with Gasteiger partial charge in [0.25, 0.3) is 0 Å². The first-order valence-electron chi connectivity index (χ1n) is 6.72. The van der Waals surface area contributed by atoms with Crippen LogP contribution in [0.2, 0.25) is 5.02 Å². The number of para-hydroxylation sites is 1. The molecule has 100 valence electrons. The molecule has 1 unspecified atom stereocenters. The second-order valence-corrected chi connectivity index (χ2v) is 6.40. The number of halogens is 1. The summed E-state index contributed by atoms with van der Waals surface area (Å²) in [6.45, 7) is 7.71. The summed E-state index contributed by atoms with van der Waals surface area (Å²) in [5.41, 5.74) is 8.60. The van der Waals surface area contributed by atoms with Crippen LogP contribution in [0.4, 0.5) is 5.69 Å². The fourth-order valence-corrected chi connectivity index (χ4v) is 3.19. The van der Waals surface area contributed by atoms with Gasteiger partial charge in [-0.3, -0.25) is 0 Å². The Morgan fingerprint density at radius 2 is 2.17 bits per heavy atom. The van der Waals surface area contributed by atoms with Crippen LogP contribution in [0.15, 0.2) is 18.2 Å². The van der Waals surface area contributed by atoms with Crippen LogP contribution in [-0.2, 0) is 6.42 Å². The molecule has 1 heterocycles. The number of benzene rings is 1. The van der Waals surface area contributed by atoms with Crippen molar-refractivity contribution in [3.8, 4) is 0 Å². The Bertz CT molecular complexity index is 427. The van der Waals surface area contributed by atoms with E-state index >= 15 is 0 Å². The van der Waals surface area contributed by atoms with Crippen LogP contribution in [-0.4, -0.2) is 18.1 Å². The predicted molar refractivity (Wildman–Crippen MR) is 79.5 cm³/mol. The van der Waals surface area contributed by atoms with Crippen molar-refractivity contribution < 1.29 is 0 Å². The third kappa shape index (κ3) is 2.65. The molecule has 2 nitrogen and oxygen atoms in total. The second-order valence-electron chi connectivity index (χ2n) is 6.00. The molecule has 0 bridgehead atoms. The molecular formula is C15H23ClN2. The van der Waals surface area contributed by atoms with Crippen molar-refractivity contribution in [2.45, 2.75) is 51.6 Å². The van der Waals surface area contributed by atoms with Crippen LogP contribution in [0, 0.1) is 0 Å². The second kappa shape index (κ2) is 5.10. The van der Waals surface area contributed by atoms with E-state index in [9.17, 15) is 0 Å². The zero-order valence-electron chi connectivity index (χ0n) is 11.5. The van der Waals surface area contributed by atoms with Crippen LogP contribution < -0.4 is 10.6 Å². The van der Waals surface area contributed by atoms with Crippen LogP contribution in [0.25, 0.3) is 0 Å². The summed E-state index contributed by atoms with van der Waals surface area (Å²) < 4.78 is 0. The molecule has 1 aliphatic heterocycles. The maximum Gasteiger partial charge on any atom is 0.0642 e. The normalized spacial score (nSPS) is 20.2. The van der Waals surface area contributed by atoms with E-state index in [0.29, 0.717) is 0 Å². The molecule has 2 N–H and O–H groups in total. The van der Waals surface area contributed by atoms with Crippen LogP contribution in [0.5, 0.6) is 0 Å². The van der Waals surface area contributed by atoms with E-state index in [1.165, 1.54) is 24.1 Å². The molecule has 1 fully saturated rings. The minimum absolute atomic E-state index is 0.160. The summed E-state index contributed by atoms with van der Waals surface area (Å²) in [6, 6.07) is 6.31. The van der Waals surface area contributed by atoms with Gasteiger partial charge in [-0.1, -0.05) is 23.7 Å². The van der Waals surface area contributed by atoms with E-state index in [1.807, 2.05) is 19.1 Å². The van der Waals surface area contributed by atoms with Crippen molar-refractivity contribution in [3.05, 3.63) is 28.8 Å². The Hall–Kier alpha value is -0.730. The fourth-order valence-electron chi connectivity index (χ4n) is 2.90. The number of anilines is 1. The number of nitrogens with zero attached hydrogens (tertiary/aromatic N) is 1. The zero-order chi connectivity index (χ0) is 13.3. The molecule has 1 atom stereocenters. The molecule has 1 aromatic rings. The van der Waals surface area contributed by atoms with Crippen molar-refractivity contribution in [1.29, 1.82) is 0 Å². The summed E-state index contributed by atoms with van der Waals surface area (Å²) in [6.07, 6.45) is 3.33. The van der Waals surface area contributed by atoms with Gasteiger partial charge in [-0.2, -0.15) is 0 Å². The molecule has 18 heavy (non-hydrogen) atoms. The van der Waals surface area contributed by atoms with Gasteiger partial charge in [0.05, 0.1) is 10.7 Å². The highest BCUT2D eigenvalue weighted by molar-refractivity contribution is 6.33. The maximum atomic E-state index is 6.44. The Kier molecular flexibility index (Phi) is 3.88. The lowest BCUT2D eigenvalue weighted by Gasteiger charge is -2.36. The molecule has 0 aliphatic carbocycles. The molecule has 1 aliphatic rings. The largest absolute Gasteiger partial charge is 0.365 e. The minimum atomic E-state index is 0.160. The SMILES string of the molecule is CC(N)Cc1cccc(Cl)c1N1CCCC1(C)C. The van der Waals surface area contributed by atoms with E-state index in [0.717, 1.165) is 18.0 Å². The van der Waals surface area contributed by atoms with Crippen molar-refractivity contribution in [1.82, 2.24) is 0 Å². The minimum Gasteiger partial charge on any atom is -0.365 e. The standard InChI is InChI=1S/C15H23ClN2/c1-11(17)10-12-6-4-7-13(16)14(12)18-9-5-8-15(18,2)3/h4,6-7,11H,5,8-10,17H2,1-3H3. The van der Waals surface area contributed by atoms with Gasteiger partial charge in [-0.05, 0) is 51.7 Å². The van der Waals surface area contributed by atoms with E-state index in [-0.39, 0.29) is 11.6 Å². The quantitative estimate of drug-likeness (QED) is 0.906. The summed E-state index contributed by atoms with van der Waals surface area (Å²) in [4.78, 5) is 2.45. The third-order valence-corrected chi connectivity index (χ3v) is 4.09. The van der Waals surface area contributed by atoms with Gasteiger partial charge < -0.3 is 10.6 Å². The van der Waals surface area contributed by atoms with Gasteiger partial charge in [-0.15, -0.1) is 0 Å². The highest BCUT2D eigenvalue weighted by Crippen LogP contribution is 2.40. The molecule has 0 saturated carbocycles. The predicted octanol–water partition coefficient (Wildman–Crippen LogP) is 3.61. The van der Waals surface area contributed by atoms with Crippen LogP contribution in [0.1, 0.15) is 39.2 Å². The van der Waals surface area contributed by atoms with Crippen LogP contribution in [0.3, 0.4) is 0 Å². The molecule has 0 aromatic heterocycles. The Morgan fingerprint density at radius 3 is 2.72 bits per heavy atom. The molecule has 0 spiro atoms. The molecule has 2 rings (SSSR count). The fraction of sp³-hybridized carbons (Fsp3) is 0.600.